The van der Waals surface area contributed by atoms with Gasteiger partial charge in [0.1, 0.15) is 0 Å². The lowest BCUT2D eigenvalue weighted by Crippen LogP contribution is -2.54. The molecule has 2 atom stereocenters. The Kier molecular flexibility index (Phi) is 2.73. The summed E-state index contributed by atoms with van der Waals surface area (Å²) in [4.78, 5) is 10.3. The van der Waals surface area contributed by atoms with Crippen LogP contribution in [0.15, 0.2) is 12.4 Å². The van der Waals surface area contributed by atoms with E-state index >= 15 is 0 Å². The summed E-state index contributed by atoms with van der Waals surface area (Å²) in [5.74, 6) is 0.794. The van der Waals surface area contributed by atoms with Gasteiger partial charge in [-0.2, -0.15) is 0 Å². The maximum Gasteiger partial charge on any atom is 0.225 e. The summed E-state index contributed by atoms with van der Waals surface area (Å²) in [6, 6.07) is 0.873. The maximum atomic E-state index is 9.10. The van der Waals surface area contributed by atoms with E-state index in [0.717, 1.165) is 13.1 Å². The Morgan fingerprint density at radius 1 is 1.27 bits per heavy atom. The van der Waals surface area contributed by atoms with Crippen LogP contribution in [0.4, 0.5) is 5.95 Å². The summed E-state index contributed by atoms with van der Waals surface area (Å²) in [7, 11) is 0. The second-order valence-corrected chi connectivity index (χ2v) is 4.12. The van der Waals surface area contributed by atoms with Crippen molar-refractivity contribution in [2.75, 3.05) is 18.0 Å². The first-order valence-corrected chi connectivity index (χ1v) is 5.17. The van der Waals surface area contributed by atoms with E-state index in [1.165, 1.54) is 12.4 Å². The fraction of sp³-hybridized carbons (Fsp3) is 0.600. The van der Waals surface area contributed by atoms with Gasteiger partial charge in [-0.05, 0) is 13.8 Å². The number of aromatic hydroxyl groups is 1. The summed E-state index contributed by atoms with van der Waals surface area (Å²) in [5.41, 5.74) is 0. The highest BCUT2D eigenvalue weighted by Gasteiger charge is 2.22. The Labute approximate surface area is 89.2 Å². The van der Waals surface area contributed by atoms with Crippen LogP contribution in [-0.2, 0) is 0 Å². The van der Waals surface area contributed by atoms with Crippen molar-refractivity contribution >= 4 is 5.95 Å². The maximum absolute atomic E-state index is 9.10. The number of anilines is 1. The van der Waals surface area contributed by atoms with Crippen molar-refractivity contribution in [1.29, 1.82) is 0 Å². The lowest BCUT2D eigenvalue weighted by Gasteiger charge is -2.36. The normalized spacial score (nSPS) is 26.7. The molecule has 0 radical (unpaired) electrons. The van der Waals surface area contributed by atoms with Gasteiger partial charge in [-0.25, -0.2) is 9.97 Å². The molecular formula is C10H16N4O. The second-order valence-electron chi connectivity index (χ2n) is 4.12. The van der Waals surface area contributed by atoms with Gasteiger partial charge in [0.25, 0.3) is 0 Å². The van der Waals surface area contributed by atoms with E-state index in [-0.39, 0.29) is 5.75 Å². The average molecular weight is 208 g/mol. The summed E-state index contributed by atoms with van der Waals surface area (Å²) < 4.78 is 0. The van der Waals surface area contributed by atoms with Crippen molar-refractivity contribution in [3.8, 4) is 5.75 Å². The first kappa shape index (κ1) is 10.2. The molecule has 2 heterocycles. The predicted molar refractivity (Wildman–Crippen MR) is 58.0 cm³/mol. The molecule has 82 valence electrons. The van der Waals surface area contributed by atoms with Crippen molar-refractivity contribution in [2.45, 2.75) is 25.9 Å². The molecule has 0 saturated carbocycles. The second kappa shape index (κ2) is 4.02. The Balaban J connectivity index is 2.12. The molecule has 0 amide bonds. The van der Waals surface area contributed by atoms with E-state index in [4.69, 9.17) is 5.11 Å². The third-order valence-electron chi connectivity index (χ3n) is 2.46. The molecule has 1 saturated heterocycles. The number of hydrogen-bond acceptors (Lipinski definition) is 5. The van der Waals surface area contributed by atoms with Crippen LogP contribution < -0.4 is 10.2 Å². The monoisotopic (exact) mass is 208 g/mol. The zero-order chi connectivity index (χ0) is 10.8. The van der Waals surface area contributed by atoms with Crippen LogP contribution >= 0.6 is 0 Å². The van der Waals surface area contributed by atoms with Crippen molar-refractivity contribution in [2.24, 2.45) is 0 Å². The predicted octanol–water partition coefficient (Wildman–Crippen LogP) is 0.369. The van der Waals surface area contributed by atoms with E-state index in [0.29, 0.717) is 18.0 Å². The van der Waals surface area contributed by atoms with Crippen LogP contribution in [-0.4, -0.2) is 40.2 Å². The fourth-order valence-electron chi connectivity index (χ4n) is 1.97. The molecule has 0 bridgehead atoms. The number of nitrogens with one attached hydrogen (secondary N) is 1. The molecule has 1 fully saturated rings. The molecule has 1 aromatic rings. The molecule has 0 spiro atoms. The zero-order valence-corrected chi connectivity index (χ0v) is 9.01. The highest BCUT2D eigenvalue weighted by molar-refractivity contribution is 5.32. The molecule has 0 aliphatic carbocycles. The molecule has 0 unspecified atom stereocenters. The molecule has 2 N–H and O–H groups in total. The van der Waals surface area contributed by atoms with Gasteiger partial charge in [0.15, 0.2) is 5.75 Å². The number of aromatic nitrogens is 2. The van der Waals surface area contributed by atoms with Gasteiger partial charge in [-0.15, -0.1) is 0 Å². The van der Waals surface area contributed by atoms with Crippen LogP contribution in [0.1, 0.15) is 13.8 Å². The number of nitrogens with zero attached hydrogens (tertiary/aromatic N) is 3. The van der Waals surface area contributed by atoms with Gasteiger partial charge in [0.2, 0.25) is 5.95 Å². The van der Waals surface area contributed by atoms with Crippen LogP contribution in [0, 0.1) is 0 Å². The number of piperazine rings is 1. The lowest BCUT2D eigenvalue weighted by atomic mass is 10.1. The van der Waals surface area contributed by atoms with E-state index in [1.807, 2.05) is 0 Å². The molecule has 15 heavy (non-hydrogen) atoms. The van der Waals surface area contributed by atoms with Crippen LogP contribution in [0.5, 0.6) is 5.75 Å². The van der Waals surface area contributed by atoms with Crippen molar-refractivity contribution in [3.63, 3.8) is 0 Å². The molecule has 1 aliphatic heterocycles. The third-order valence-corrected chi connectivity index (χ3v) is 2.46. The van der Waals surface area contributed by atoms with Gasteiger partial charge in [0, 0.05) is 25.2 Å². The van der Waals surface area contributed by atoms with E-state index in [2.05, 4.69) is 34.0 Å². The molecule has 5 heteroatoms. The number of hydrogen-bond donors (Lipinski definition) is 2. The third kappa shape index (κ3) is 2.36. The first-order valence-electron chi connectivity index (χ1n) is 5.17. The zero-order valence-electron chi connectivity index (χ0n) is 9.01. The average Bonchev–Trinajstić information content (AvgIpc) is 2.17. The van der Waals surface area contributed by atoms with Gasteiger partial charge in [-0.3, -0.25) is 0 Å². The smallest absolute Gasteiger partial charge is 0.225 e. The number of rotatable bonds is 1. The summed E-state index contributed by atoms with van der Waals surface area (Å²) in [6.07, 6.45) is 2.86. The molecule has 5 nitrogen and oxygen atoms in total. The summed E-state index contributed by atoms with van der Waals surface area (Å²) in [6.45, 7) is 6.08. The van der Waals surface area contributed by atoms with E-state index in [1.54, 1.807) is 0 Å². The van der Waals surface area contributed by atoms with Crippen molar-refractivity contribution in [1.82, 2.24) is 15.3 Å². The Bertz CT molecular complexity index is 317. The molecule has 1 aromatic heterocycles. The Morgan fingerprint density at radius 3 is 2.33 bits per heavy atom. The minimum atomic E-state index is 0.106. The fourth-order valence-corrected chi connectivity index (χ4v) is 1.97. The van der Waals surface area contributed by atoms with Gasteiger partial charge >= 0.3 is 0 Å². The topological polar surface area (TPSA) is 61.3 Å². The lowest BCUT2D eigenvalue weighted by molar-refractivity contribution is 0.402. The summed E-state index contributed by atoms with van der Waals surface area (Å²) in [5, 5.41) is 12.5. The molecular weight excluding hydrogens is 192 g/mol. The Morgan fingerprint density at radius 2 is 1.80 bits per heavy atom. The Hall–Kier alpha value is -1.36. The largest absolute Gasteiger partial charge is 0.505 e. The SMILES string of the molecule is C[C@@H]1CN(c2ncc(O)cn2)C[C@H](C)N1. The van der Waals surface area contributed by atoms with Crippen LogP contribution in [0.25, 0.3) is 0 Å². The standard InChI is InChI=1S/C10H16N4O/c1-7-5-14(6-8(2)13-7)10-11-3-9(15)4-12-10/h3-4,7-8,13,15H,5-6H2,1-2H3/t7-,8+. The molecule has 0 aromatic carbocycles. The van der Waals surface area contributed by atoms with Crippen LogP contribution in [0.2, 0.25) is 0 Å². The van der Waals surface area contributed by atoms with E-state index < -0.39 is 0 Å². The highest BCUT2D eigenvalue weighted by atomic mass is 16.3. The first-order chi connectivity index (χ1) is 7.15. The van der Waals surface area contributed by atoms with Gasteiger partial charge in [0.05, 0.1) is 12.4 Å². The van der Waals surface area contributed by atoms with Crippen LogP contribution in [0.3, 0.4) is 0 Å². The minimum Gasteiger partial charge on any atom is -0.505 e. The molecule has 1 aliphatic rings. The molecule has 2 rings (SSSR count). The van der Waals surface area contributed by atoms with E-state index in [9.17, 15) is 0 Å². The summed E-state index contributed by atoms with van der Waals surface area (Å²) >= 11 is 0. The minimum absolute atomic E-state index is 0.106. The van der Waals surface area contributed by atoms with Gasteiger partial charge in [-0.1, -0.05) is 0 Å². The highest BCUT2D eigenvalue weighted by Crippen LogP contribution is 2.13. The van der Waals surface area contributed by atoms with Crippen molar-refractivity contribution in [3.05, 3.63) is 12.4 Å². The van der Waals surface area contributed by atoms with Gasteiger partial charge < -0.3 is 15.3 Å². The van der Waals surface area contributed by atoms with Crippen molar-refractivity contribution < 1.29 is 5.11 Å². The quantitative estimate of drug-likeness (QED) is 0.698.